The minimum absolute atomic E-state index is 0.235. The number of ether oxygens (including phenoxy) is 3. The Labute approximate surface area is 96.3 Å². The predicted octanol–water partition coefficient (Wildman–Crippen LogP) is 1.57. The summed E-state index contributed by atoms with van der Waals surface area (Å²) in [6, 6.07) is 5.80. The SMILES string of the molecule is CCOCOc1cc(CCN)ccc1OC. The molecule has 4 nitrogen and oxygen atoms in total. The molecule has 1 aromatic carbocycles. The zero-order chi connectivity index (χ0) is 11.8. The van der Waals surface area contributed by atoms with Crippen LogP contribution in [0.15, 0.2) is 18.2 Å². The van der Waals surface area contributed by atoms with Gasteiger partial charge in [0.25, 0.3) is 0 Å². The molecule has 4 heteroatoms. The summed E-state index contributed by atoms with van der Waals surface area (Å²) in [6.45, 7) is 3.41. The van der Waals surface area contributed by atoms with Gasteiger partial charge in [0.15, 0.2) is 18.3 Å². The molecule has 90 valence electrons. The first-order valence-corrected chi connectivity index (χ1v) is 5.39. The summed E-state index contributed by atoms with van der Waals surface area (Å²) in [7, 11) is 1.62. The van der Waals surface area contributed by atoms with Crippen molar-refractivity contribution in [3.8, 4) is 11.5 Å². The Morgan fingerprint density at radius 1 is 1.25 bits per heavy atom. The highest BCUT2D eigenvalue weighted by atomic mass is 16.7. The van der Waals surface area contributed by atoms with Crippen LogP contribution in [0, 0.1) is 0 Å². The Hall–Kier alpha value is -1.26. The van der Waals surface area contributed by atoms with Crippen LogP contribution >= 0.6 is 0 Å². The number of methoxy groups -OCH3 is 1. The van der Waals surface area contributed by atoms with Gasteiger partial charge in [-0.05, 0) is 37.6 Å². The maximum atomic E-state index is 5.51. The van der Waals surface area contributed by atoms with Gasteiger partial charge in [0.2, 0.25) is 0 Å². The molecule has 1 rings (SSSR count). The predicted molar refractivity (Wildman–Crippen MR) is 62.9 cm³/mol. The second kappa shape index (κ2) is 7.09. The minimum Gasteiger partial charge on any atom is -0.493 e. The van der Waals surface area contributed by atoms with Crippen molar-refractivity contribution in [1.82, 2.24) is 0 Å². The molecule has 0 bridgehead atoms. The lowest BCUT2D eigenvalue weighted by atomic mass is 10.1. The van der Waals surface area contributed by atoms with Gasteiger partial charge in [-0.2, -0.15) is 0 Å². The van der Waals surface area contributed by atoms with E-state index in [0.717, 1.165) is 12.0 Å². The summed E-state index contributed by atoms with van der Waals surface area (Å²) in [5.74, 6) is 1.40. The standard InChI is InChI=1S/C12H19NO3/c1-3-15-9-16-12-8-10(6-7-13)4-5-11(12)14-2/h4-5,8H,3,6-7,9,13H2,1-2H3. The van der Waals surface area contributed by atoms with Crippen molar-refractivity contribution in [3.63, 3.8) is 0 Å². The molecule has 0 aliphatic rings. The fourth-order valence-corrected chi connectivity index (χ4v) is 1.34. The van der Waals surface area contributed by atoms with Crippen LogP contribution in [0.2, 0.25) is 0 Å². The van der Waals surface area contributed by atoms with Gasteiger partial charge in [0, 0.05) is 6.61 Å². The third-order valence-corrected chi connectivity index (χ3v) is 2.16. The summed E-state index contributed by atoms with van der Waals surface area (Å²) in [4.78, 5) is 0. The molecule has 0 heterocycles. The second-order valence-corrected chi connectivity index (χ2v) is 3.28. The fraction of sp³-hybridized carbons (Fsp3) is 0.500. The Morgan fingerprint density at radius 2 is 2.06 bits per heavy atom. The lowest BCUT2D eigenvalue weighted by molar-refractivity contribution is 0.0209. The first-order valence-electron chi connectivity index (χ1n) is 5.39. The molecule has 1 aromatic rings. The van der Waals surface area contributed by atoms with E-state index in [1.165, 1.54) is 0 Å². The van der Waals surface area contributed by atoms with Crippen LogP contribution in [0.4, 0.5) is 0 Å². The largest absolute Gasteiger partial charge is 0.493 e. The van der Waals surface area contributed by atoms with Crippen molar-refractivity contribution in [1.29, 1.82) is 0 Å². The van der Waals surface area contributed by atoms with E-state index in [0.29, 0.717) is 24.7 Å². The van der Waals surface area contributed by atoms with Crippen LogP contribution in [0.1, 0.15) is 12.5 Å². The number of nitrogens with two attached hydrogens (primary N) is 1. The molecule has 0 unspecified atom stereocenters. The molecule has 0 radical (unpaired) electrons. The average Bonchev–Trinajstić information content (AvgIpc) is 2.30. The summed E-state index contributed by atoms with van der Waals surface area (Å²) in [5.41, 5.74) is 6.64. The van der Waals surface area contributed by atoms with Gasteiger partial charge < -0.3 is 19.9 Å². The van der Waals surface area contributed by atoms with E-state index in [1.807, 2.05) is 25.1 Å². The third-order valence-electron chi connectivity index (χ3n) is 2.16. The Morgan fingerprint density at radius 3 is 2.69 bits per heavy atom. The Balaban J connectivity index is 2.72. The monoisotopic (exact) mass is 225 g/mol. The highest BCUT2D eigenvalue weighted by Crippen LogP contribution is 2.28. The summed E-state index contributed by atoms with van der Waals surface area (Å²) >= 11 is 0. The molecule has 0 spiro atoms. The van der Waals surface area contributed by atoms with Gasteiger partial charge in [-0.1, -0.05) is 6.07 Å². The molecule has 0 fully saturated rings. The van der Waals surface area contributed by atoms with Crippen molar-refractivity contribution in [3.05, 3.63) is 23.8 Å². The van der Waals surface area contributed by atoms with Crippen molar-refractivity contribution in [2.75, 3.05) is 27.1 Å². The van der Waals surface area contributed by atoms with Crippen LogP contribution < -0.4 is 15.2 Å². The second-order valence-electron chi connectivity index (χ2n) is 3.28. The highest BCUT2D eigenvalue weighted by molar-refractivity contribution is 5.42. The van der Waals surface area contributed by atoms with Gasteiger partial charge in [0.05, 0.1) is 7.11 Å². The van der Waals surface area contributed by atoms with Crippen molar-refractivity contribution in [2.45, 2.75) is 13.3 Å². The zero-order valence-electron chi connectivity index (χ0n) is 9.86. The maximum Gasteiger partial charge on any atom is 0.189 e. The van der Waals surface area contributed by atoms with E-state index in [-0.39, 0.29) is 6.79 Å². The van der Waals surface area contributed by atoms with Crippen LogP contribution in [-0.4, -0.2) is 27.1 Å². The van der Waals surface area contributed by atoms with Crippen molar-refractivity contribution < 1.29 is 14.2 Å². The van der Waals surface area contributed by atoms with E-state index in [9.17, 15) is 0 Å². The molecule has 0 saturated heterocycles. The van der Waals surface area contributed by atoms with Gasteiger partial charge >= 0.3 is 0 Å². The average molecular weight is 225 g/mol. The van der Waals surface area contributed by atoms with Gasteiger partial charge in [-0.15, -0.1) is 0 Å². The molecule has 16 heavy (non-hydrogen) atoms. The smallest absolute Gasteiger partial charge is 0.189 e. The van der Waals surface area contributed by atoms with E-state index >= 15 is 0 Å². The molecular formula is C12H19NO3. The highest BCUT2D eigenvalue weighted by Gasteiger charge is 2.05. The number of benzene rings is 1. The van der Waals surface area contributed by atoms with Gasteiger partial charge in [-0.25, -0.2) is 0 Å². The van der Waals surface area contributed by atoms with Crippen molar-refractivity contribution in [2.24, 2.45) is 5.73 Å². The first-order chi connectivity index (χ1) is 7.81. The molecule has 0 aliphatic carbocycles. The van der Waals surface area contributed by atoms with E-state index in [4.69, 9.17) is 19.9 Å². The molecule has 0 aliphatic heterocycles. The van der Waals surface area contributed by atoms with Crippen LogP contribution in [0.5, 0.6) is 11.5 Å². The van der Waals surface area contributed by atoms with E-state index < -0.39 is 0 Å². The number of rotatable bonds is 7. The maximum absolute atomic E-state index is 5.51. The lowest BCUT2D eigenvalue weighted by Crippen LogP contribution is -2.05. The molecular weight excluding hydrogens is 206 g/mol. The van der Waals surface area contributed by atoms with Crippen molar-refractivity contribution >= 4 is 0 Å². The van der Waals surface area contributed by atoms with E-state index in [1.54, 1.807) is 7.11 Å². The van der Waals surface area contributed by atoms with E-state index in [2.05, 4.69) is 0 Å². The first kappa shape index (κ1) is 12.8. The summed E-state index contributed by atoms with van der Waals surface area (Å²) in [6.07, 6.45) is 0.828. The van der Waals surface area contributed by atoms with Crippen LogP contribution in [0.25, 0.3) is 0 Å². The minimum atomic E-state index is 0.235. The van der Waals surface area contributed by atoms with Gasteiger partial charge in [-0.3, -0.25) is 0 Å². The topological polar surface area (TPSA) is 53.7 Å². The fourth-order valence-electron chi connectivity index (χ4n) is 1.34. The third kappa shape index (κ3) is 3.72. The molecule has 0 aromatic heterocycles. The van der Waals surface area contributed by atoms with Gasteiger partial charge in [0.1, 0.15) is 0 Å². The zero-order valence-corrected chi connectivity index (χ0v) is 9.86. The lowest BCUT2D eigenvalue weighted by Gasteiger charge is -2.11. The Kier molecular flexibility index (Phi) is 5.67. The number of hydrogen-bond donors (Lipinski definition) is 1. The summed E-state index contributed by atoms with van der Waals surface area (Å²) < 4.78 is 15.8. The molecule has 0 atom stereocenters. The normalized spacial score (nSPS) is 10.2. The van der Waals surface area contributed by atoms with Crippen LogP contribution in [0.3, 0.4) is 0 Å². The molecule has 0 saturated carbocycles. The Bertz CT molecular complexity index is 315. The molecule has 2 N–H and O–H groups in total. The quantitative estimate of drug-likeness (QED) is 0.565. The summed E-state index contributed by atoms with van der Waals surface area (Å²) in [5, 5.41) is 0. The molecule has 0 amide bonds. The number of hydrogen-bond acceptors (Lipinski definition) is 4. The van der Waals surface area contributed by atoms with Crippen LogP contribution in [-0.2, 0) is 11.2 Å².